The lowest BCUT2D eigenvalue weighted by Gasteiger charge is -2.20. The van der Waals surface area contributed by atoms with E-state index >= 15 is 0 Å². The van der Waals surface area contributed by atoms with E-state index in [1.807, 2.05) is 20.9 Å². The number of carbonyl (C=O) groups excluding carboxylic acids is 1. The summed E-state index contributed by atoms with van der Waals surface area (Å²) in [6.07, 6.45) is 1.92. The van der Waals surface area contributed by atoms with Gasteiger partial charge in [0.1, 0.15) is 0 Å². The molecule has 0 bridgehead atoms. The number of hydrogen-bond donors (Lipinski definition) is 0. The molecule has 0 saturated carbocycles. The summed E-state index contributed by atoms with van der Waals surface area (Å²) in [7, 11) is 1.87. The summed E-state index contributed by atoms with van der Waals surface area (Å²) in [4.78, 5) is 12.3. The van der Waals surface area contributed by atoms with E-state index < -0.39 is 0 Å². The van der Waals surface area contributed by atoms with Crippen molar-refractivity contribution >= 4 is 5.78 Å². The topological polar surface area (TPSA) is 44.1 Å². The largest absolute Gasteiger partial charge is 0.381 e. The van der Waals surface area contributed by atoms with Crippen LogP contribution >= 0.6 is 0 Å². The zero-order valence-electron chi connectivity index (χ0n) is 10.1. The highest BCUT2D eigenvalue weighted by atomic mass is 16.5. The van der Waals surface area contributed by atoms with Crippen molar-refractivity contribution in [2.45, 2.75) is 26.7 Å². The molecule has 1 unspecified atom stereocenters. The number of ether oxygens (including phenoxy) is 1. The molecule has 1 fully saturated rings. The fourth-order valence-electron chi connectivity index (χ4n) is 2.28. The van der Waals surface area contributed by atoms with E-state index in [2.05, 4.69) is 5.10 Å². The second-order valence-corrected chi connectivity index (χ2v) is 4.45. The van der Waals surface area contributed by atoms with Crippen molar-refractivity contribution in [1.29, 1.82) is 0 Å². The van der Waals surface area contributed by atoms with Crippen LogP contribution in [-0.4, -0.2) is 28.8 Å². The Hall–Kier alpha value is -1.16. The summed E-state index contributed by atoms with van der Waals surface area (Å²) < 4.78 is 7.13. The van der Waals surface area contributed by atoms with Crippen LogP contribution in [0.5, 0.6) is 0 Å². The highest BCUT2D eigenvalue weighted by molar-refractivity contribution is 6.00. The SMILES string of the molecule is Cc1nn(C)c(C)c1C(=O)C1CCCOC1. The van der Waals surface area contributed by atoms with Crippen LogP contribution in [0.3, 0.4) is 0 Å². The molecular weight excluding hydrogens is 204 g/mol. The van der Waals surface area contributed by atoms with Gasteiger partial charge in [-0.25, -0.2) is 0 Å². The summed E-state index contributed by atoms with van der Waals surface area (Å²) in [6.45, 7) is 5.18. The molecule has 0 aliphatic carbocycles. The van der Waals surface area contributed by atoms with E-state index in [4.69, 9.17) is 4.74 Å². The maximum absolute atomic E-state index is 12.3. The molecule has 1 aliphatic heterocycles. The highest BCUT2D eigenvalue weighted by Gasteiger charge is 2.27. The highest BCUT2D eigenvalue weighted by Crippen LogP contribution is 2.22. The monoisotopic (exact) mass is 222 g/mol. The first kappa shape index (κ1) is 11.3. The Morgan fingerprint density at radius 2 is 2.25 bits per heavy atom. The lowest BCUT2D eigenvalue weighted by atomic mass is 9.92. The van der Waals surface area contributed by atoms with E-state index in [-0.39, 0.29) is 11.7 Å². The van der Waals surface area contributed by atoms with Gasteiger partial charge in [0.2, 0.25) is 0 Å². The normalized spacial score (nSPS) is 21.1. The van der Waals surface area contributed by atoms with Gasteiger partial charge in [0.05, 0.1) is 17.9 Å². The second-order valence-electron chi connectivity index (χ2n) is 4.45. The molecule has 2 heterocycles. The average Bonchev–Trinajstić information content (AvgIpc) is 2.54. The van der Waals surface area contributed by atoms with Crippen LogP contribution in [0.15, 0.2) is 0 Å². The maximum Gasteiger partial charge on any atom is 0.171 e. The first-order valence-electron chi connectivity index (χ1n) is 5.73. The molecule has 1 aliphatic rings. The Balaban J connectivity index is 2.25. The molecule has 0 amide bonds. The van der Waals surface area contributed by atoms with Gasteiger partial charge in [-0.05, 0) is 26.7 Å². The van der Waals surface area contributed by atoms with E-state index in [1.54, 1.807) is 4.68 Å². The molecule has 0 spiro atoms. The first-order valence-corrected chi connectivity index (χ1v) is 5.73. The molecule has 88 valence electrons. The molecule has 0 radical (unpaired) electrons. The van der Waals surface area contributed by atoms with Gasteiger partial charge < -0.3 is 4.74 Å². The van der Waals surface area contributed by atoms with Crippen LogP contribution in [0.4, 0.5) is 0 Å². The first-order chi connectivity index (χ1) is 7.61. The molecule has 2 rings (SSSR count). The Bertz CT molecular complexity index is 403. The van der Waals surface area contributed by atoms with Crippen LogP contribution in [-0.2, 0) is 11.8 Å². The minimum Gasteiger partial charge on any atom is -0.381 e. The van der Waals surface area contributed by atoms with Crippen LogP contribution < -0.4 is 0 Å². The Labute approximate surface area is 95.6 Å². The van der Waals surface area contributed by atoms with E-state index in [9.17, 15) is 4.79 Å². The molecule has 1 aromatic rings. The average molecular weight is 222 g/mol. The minimum atomic E-state index is 0.0235. The zero-order valence-corrected chi connectivity index (χ0v) is 10.1. The Kier molecular flexibility index (Phi) is 3.10. The number of ketones is 1. The smallest absolute Gasteiger partial charge is 0.171 e. The minimum absolute atomic E-state index is 0.0235. The lowest BCUT2D eigenvalue weighted by molar-refractivity contribution is 0.0460. The van der Waals surface area contributed by atoms with Crippen molar-refractivity contribution in [2.75, 3.05) is 13.2 Å². The van der Waals surface area contributed by atoms with E-state index in [1.165, 1.54) is 0 Å². The van der Waals surface area contributed by atoms with Crippen molar-refractivity contribution in [2.24, 2.45) is 13.0 Å². The number of carbonyl (C=O) groups is 1. The zero-order chi connectivity index (χ0) is 11.7. The summed E-state index contributed by atoms with van der Waals surface area (Å²) in [5.41, 5.74) is 2.57. The fraction of sp³-hybridized carbons (Fsp3) is 0.667. The van der Waals surface area contributed by atoms with Gasteiger partial charge in [-0.15, -0.1) is 0 Å². The van der Waals surface area contributed by atoms with Gasteiger partial charge in [0, 0.05) is 25.3 Å². The molecule has 0 N–H and O–H groups in total. The summed E-state index contributed by atoms with van der Waals surface area (Å²) in [6, 6.07) is 0. The van der Waals surface area contributed by atoms with Crippen LogP contribution in [0, 0.1) is 19.8 Å². The number of aromatic nitrogens is 2. The van der Waals surface area contributed by atoms with Crippen molar-refractivity contribution in [3.05, 3.63) is 17.0 Å². The summed E-state index contributed by atoms with van der Waals surface area (Å²) >= 11 is 0. The Morgan fingerprint density at radius 3 is 2.75 bits per heavy atom. The number of rotatable bonds is 2. The number of aryl methyl sites for hydroxylation is 2. The third-order valence-corrected chi connectivity index (χ3v) is 3.29. The molecule has 16 heavy (non-hydrogen) atoms. The van der Waals surface area contributed by atoms with Gasteiger partial charge in [0.15, 0.2) is 5.78 Å². The number of hydrogen-bond acceptors (Lipinski definition) is 3. The third kappa shape index (κ3) is 1.89. The quantitative estimate of drug-likeness (QED) is 0.715. The molecule has 1 atom stereocenters. The van der Waals surface area contributed by atoms with E-state index in [0.717, 1.165) is 36.4 Å². The molecule has 1 aromatic heterocycles. The lowest BCUT2D eigenvalue weighted by Crippen LogP contribution is -2.26. The van der Waals surface area contributed by atoms with Gasteiger partial charge in [0.25, 0.3) is 0 Å². The maximum atomic E-state index is 12.3. The van der Waals surface area contributed by atoms with Crippen LogP contribution in [0.25, 0.3) is 0 Å². The van der Waals surface area contributed by atoms with Crippen LogP contribution in [0.1, 0.15) is 34.6 Å². The predicted octanol–water partition coefficient (Wildman–Crippen LogP) is 1.65. The van der Waals surface area contributed by atoms with Gasteiger partial charge in [-0.1, -0.05) is 0 Å². The summed E-state index contributed by atoms with van der Waals surface area (Å²) in [5, 5.41) is 4.28. The fourth-order valence-corrected chi connectivity index (χ4v) is 2.28. The van der Waals surface area contributed by atoms with Gasteiger partial charge in [-0.3, -0.25) is 9.48 Å². The number of nitrogens with zero attached hydrogens (tertiary/aromatic N) is 2. The third-order valence-electron chi connectivity index (χ3n) is 3.29. The van der Waals surface area contributed by atoms with Crippen molar-refractivity contribution < 1.29 is 9.53 Å². The van der Waals surface area contributed by atoms with Gasteiger partial charge in [-0.2, -0.15) is 5.10 Å². The standard InChI is InChI=1S/C12H18N2O2/c1-8-11(9(2)14(3)13-8)12(15)10-5-4-6-16-7-10/h10H,4-7H2,1-3H3. The van der Waals surface area contributed by atoms with Crippen molar-refractivity contribution in [3.63, 3.8) is 0 Å². The van der Waals surface area contributed by atoms with E-state index in [0.29, 0.717) is 6.61 Å². The summed E-state index contributed by atoms with van der Waals surface area (Å²) in [5.74, 6) is 0.221. The molecule has 4 heteroatoms. The molecule has 0 aromatic carbocycles. The van der Waals surface area contributed by atoms with Crippen molar-refractivity contribution in [3.8, 4) is 0 Å². The Morgan fingerprint density at radius 1 is 1.50 bits per heavy atom. The molecule has 4 nitrogen and oxygen atoms in total. The number of Topliss-reactive ketones (excluding diaryl/α,β-unsaturated/α-hetero) is 1. The second kappa shape index (κ2) is 4.37. The molecule has 1 saturated heterocycles. The molecular formula is C12H18N2O2. The van der Waals surface area contributed by atoms with Gasteiger partial charge >= 0.3 is 0 Å². The predicted molar refractivity (Wildman–Crippen MR) is 60.6 cm³/mol. The van der Waals surface area contributed by atoms with Crippen LogP contribution in [0.2, 0.25) is 0 Å². The van der Waals surface area contributed by atoms with Crippen molar-refractivity contribution in [1.82, 2.24) is 9.78 Å².